The lowest BCUT2D eigenvalue weighted by Gasteiger charge is -2.24. The Morgan fingerprint density at radius 3 is 2.80 bits per heavy atom. The number of amides is 1. The van der Waals surface area contributed by atoms with Gasteiger partial charge in [0.25, 0.3) is 0 Å². The molecule has 4 nitrogen and oxygen atoms in total. The van der Waals surface area contributed by atoms with Crippen molar-refractivity contribution >= 4 is 11.9 Å². The zero-order valence-corrected chi connectivity index (χ0v) is 8.99. The molecule has 1 aromatic heterocycles. The molecule has 1 aliphatic carbocycles. The lowest BCUT2D eigenvalue weighted by Crippen LogP contribution is -2.26. The summed E-state index contributed by atoms with van der Waals surface area (Å²) in [6.45, 7) is 2.25. The van der Waals surface area contributed by atoms with Gasteiger partial charge in [-0.3, -0.25) is 10.1 Å². The maximum absolute atomic E-state index is 11.8. The van der Waals surface area contributed by atoms with E-state index in [0.29, 0.717) is 5.95 Å². The van der Waals surface area contributed by atoms with Gasteiger partial charge in [-0.05, 0) is 31.6 Å². The Morgan fingerprint density at radius 2 is 2.20 bits per heavy atom. The highest BCUT2D eigenvalue weighted by atomic mass is 16.2. The third kappa shape index (κ3) is 2.58. The molecule has 0 aromatic carbocycles. The molecule has 0 unspecified atom stereocenters. The maximum atomic E-state index is 11.8. The summed E-state index contributed by atoms with van der Waals surface area (Å²) in [5.41, 5.74) is 0. The molecule has 0 aliphatic heterocycles. The van der Waals surface area contributed by atoms with Crippen molar-refractivity contribution in [1.29, 1.82) is 0 Å². The van der Waals surface area contributed by atoms with E-state index in [9.17, 15) is 4.79 Å². The van der Waals surface area contributed by atoms with Gasteiger partial charge >= 0.3 is 0 Å². The van der Waals surface area contributed by atoms with Crippen LogP contribution in [0.4, 0.5) is 5.95 Å². The van der Waals surface area contributed by atoms with Crippen molar-refractivity contribution in [1.82, 2.24) is 9.97 Å². The number of carbonyl (C=O) groups is 1. The lowest BCUT2D eigenvalue weighted by molar-refractivity contribution is -0.121. The van der Waals surface area contributed by atoms with Gasteiger partial charge in [-0.15, -0.1) is 0 Å². The van der Waals surface area contributed by atoms with Crippen LogP contribution in [0.2, 0.25) is 0 Å². The molecular weight excluding hydrogens is 190 g/mol. The molecule has 1 heterocycles. The minimum absolute atomic E-state index is 0.108. The molecule has 2 rings (SSSR count). The van der Waals surface area contributed by atoms with Crippen LogP contribution in [-0.2, 0) is 4.79 Å². The van der Waals surface area contributed by atoms with Gasteiger partial charge in [-0.25, -0.2) is 4.98 Å². The van der Waals surface area contributed by atoms with Crippen molar-refractivity contribution in [3.8, 4) is 0 Å². The molecule has 1 fully saturated rings. The topological polar surface area (TPSA) is 57.8 Å². The Morgan fingerprint density at radius 1 is 1.47 bits per heavy atom. The van der Waals surface area contributed by atoms with E-state index in [1.165, 1.54) is 0 Å². The van der Waals surface area contributed by atoms with Gasteiger partial charge in [0.2, 0.25) is 11.9 Å². The van der Waals surface area contributed by atoms with Gasteiger partial charge < -0.3 is 4.98 Å². The number of aromatic nitrogens is 2. The Labute approximate surface area is 89.5 Å². The largest absolute Gasteiger partial charge is 0.331 e. The summed E-state index contributed by atoms with van der Waals surface area (Å²) in [7, 11) is 0. The molecule has 1 saturated carbocycles. The van der Waals surface area contributed by atoms with Crippen molar-refractivity contribution in [2.24, 2.45) is 11.8 Å². The highest BCUT2D eigenvalue weighted by Gasteiger charge is 2.24. The number of carbonyl (C=O) groups excluding carboxylic acids is 1. The quantitative estimate of drug-likeness (QED) is 0.780. The number of hydrogen-bond acceptors (Lipinski definition) is 2. The van der Waals surface area contributed by atoms with E-state index >= 15 is 0 Å². The Hall–Kier alpha value is -1.32. The lowest BCUT2D eigenvalue weighted by atomic mass is 9.82. The fourth-order valence-electron chi connectivity index (χ4n) is 2.07. The molecule has 0 atom stereocenters. The predicted octanol–water partition coefficient (Wildman–Crippen LogP) is 2.17. The molecule has 4 heteroatoms. The second kappa shape index (κ2) is 4.47. The van der Waals surface area contributed by atoms with Gasteiger partial charge in [-0.2, -0.15) is 0 Å². The Kier molecular flexibility index (Phi) is 3.04. The summed E-state index contributed by atoms with van der Waals surface area (Å²) in [6, 6.07) is 0. The first-order chi connectivity index (χ1) is 7.25. The standard InChI is InChI=1S/C11H17N3O/c1-8-2-4-9(5-3-8)10(15)14-11-12-6-7-13-11/h6-9H,2-5H2,1H3,(H2,12,13,14,15). The summed E-state index contributed by atoms with van der Waals surface area (Å²) in [5, 5.41) is 2.80. The zero-order valence-electron chi connectivity index (χ0n) is 8.99. The predicted molar refractivity (Wildman–Crippen MR) is 58.3 cm³/mol. The number of nitrogens with one attached hydrogen (secondary N) is 2. The summed E-state index contributed by atoms with van der Waals surface area (Å²) in [6.07, 6.45) is 7.69. The van der Waals surface area contributed by atoms with Gasteiger partial charge in [0, 0.05) is 18.3 Å². The summed E-state index contributed by atoms with van der Waals surface area (Å²) < 4.78 is 0. The van der Waals surface area contributed by atoms with Crippen molar-refractivity contribution < 1.29 is 4.79 Å². The number of hydrogen-bond donors (Lipinski definition) is 2. The van der Waals surface area contributed by atoms with Crippen LogP contribution in [0.1, 0.15) is 32.6 Å². The number of nitrogens with zero attached hydrogens (tertiary/aromatic N) is 1. The maximum Gasteiger partial charge on any atom is 0.229 e. The van der Waals surface area contributed by atoms with E-state index in [-0.39, 0.29) is 11.8 Å². The van der Waals surface area contributed by atoms with Crippen LogP contribution in [-0.4, -0.2) is 15.9 Å². The van der Waals surface area contributed by atoms with Gasteiger partial charge in [0.15, 0.2) is 0 Å². The van der Waals surface area contributed by atoms with Crippen LogP contribution >= 0.6 is 0 Å². The first kappa shape index (κ1) is 10.2. The first-order valence-electron chi connectivity index (χ1n) is 5.56. The summed E-state index contributed by atoms with van der Waals surface area (Å²) >= 11 is 0. The molecule has 0 spiro atoms. The van der Waals surface area contributed by atoms with Crippen LogP contribution in [0.25, 0.3) is 0 Å². The third-order valence-electron chi connectivity index (χ3n) is 3.13. The van der Waals surface area contributed by atoms with Gasteiger partial charge in [-0.1, -0.05) is 6.92 Å². The van der Waals surface area contributed by atoms with Crippen molar-refractivity contribution in [2.75, 3.05) is 5.32 Å². The monoisotopic (exact) mass is 207 g/mol. The SMILES string of the molecule is CC1CCC(C(=O)Nc2ncc[nH]2)CC1. The van der Waals surface area contributed by atoms with E-state index < -0.39 is 0 Å². The first-order valence-corrected chi connectivity index (χ1v) is 5.56. The number of imidazole rings is 1. The summed E-state index contributed by atoms with van der Waals surface area (Å²) in [5.74, 6) is 1.61. The van der Waals surface area contributed by atoms with Gasteiger partial charge in [0.1, 0.15) is 0 Å². The minimum atomic E-state index is 0.108. The molecule has 1 aromatic rings. The molecule has 15 heavy (non-hydrogen) atoms. The highest BCUT2D eigenvalue weighted by molar-refractivity contribution is 5.90. The van der Waals surface area contributed by atoms with E-state index in [1.54, 1.807) is 12.4 Å². The van der Waals surface area contributed by atoms with E-state index in [0.717, 1.165) is 31.6 Å². The van der Waals surface area contributed by atoms with E-state index in [2.05, 4.69) is 22.2 Å². The second-order valence-corrected chi connectivity index (χ2v) is 4.38. The number of anilines is 1. The Bertz CT molecular complexity index is 313. The fourth-order valence-corrected chi connectivity index (χ4v) is 2.07. The molecule has 0 bridgehead atoms. The normalized spacial score (nSPS) is 26.2. The summed E-state index contributed by atoms with van der Waals surface area (Å²) in [4.78, 5) is 18.7. The highest BCUT2D eigenvalue weighted by Crippen LogP contribution is 2.28. The molecule has 1 amide bonds. The molecule has 0 saturated heterocycles. The number of aromatic amines is 1. The smallest absolute Gasteiger partial charge is 0.229 e. The third-order valence-corrected chi connectivity index (χ3v) is 3.13. The number of rotatable bonds is 2. The van der Waals surface area contributed by atoms with E-state index in [4.69, 9.17) is 0 Å². The van der Waals surface area contributed by atoms with Crippen LogP contribution in [0.3, 0.4) is 0 Å². The Balaban J connectivity index is 1.86. The second-order valence-electron chi connectivity index (χ2n) is 4.38. The molecule has 0 radical (unpaired) electrons. The average molecular weight is 207 g/mol. The average Bonchev–Trinajstić information content (AvgIpc) is 2.71. The van der Waals surface area contributed by atoms with Crippen LogP contribution in [0, 0.1) is 11.8 Å². The van der Waals surface area contributed by atoms with Crippen molar-refractivity contribution in [3.63, 3.8) is 0 Å². The van der Waals surface area contributed by atoms with Crippen molar-refractivity contribution in [2.45, 2.75) is 32.6 Å². The van der Waals surface area contributed by atoms with Gasteiger partial charge in [0.05, 0.1) is 0 Å². The molecular formula is C11H17N3O. The molecule has 82 valence electrons. The van der Waals surface area contributed by atoms with Crippen LogP contribution in [0.15, 0.2) is 12.4 Å². The van der Waals surface area contributed by atoms with E-state index in [1.807, 2.05) is 0 Å². The molecule has 1 aliphatic rings. The van der Waals surface area contributed by atoms with Crippen molar-refractivity contribution in [3.05, 3.63) is 12.4 Å². The zero-order chi connectivity index (χ0) is 10.7. The molecule has 2 N–H and O–H groups in total. The van der Waals surface area contributed by atoms with Crippen LogP contribution < -0.4 is 5.32 Å². The number of H-pyrrole nitrogens is 1. The van der Waals surface area contributed by atoms with Crippen LogP contribution in [0.5, 0.6) is 0 Å². The minimum Gasteiger partial charge on any atom is -0.331 e. The fraction of sp³-hybridized carbons (Fsp3) is 0.636.